The van der Waals surface area contributed by atoms with Crippen molar-refractivity contribution in [2.75, 3.05) is 19.8 Å². The van der Waals surface area contributed by atoms with Gasteiger partial charge >= 0.3 is 0 Å². The molecule has 73 heavy (non-hydrogen) atoms. The van der Waals surface area contributed by atoms with Gasteiger partial charge in [0.05, 0.1) is 35.7 Å². The van der Waals surface area contributed by atoms with E-state index in [0.717, 1.165) is 42.7 Å². The van der Waals surface area contributed by atoms with Crippen molar-refractivity contribution in [3.05, 3.63) is 95.2 Å². The highest BCUT2D eigenvalue weighted by molar-refractivity contribution is 7.97. The van der Waals surface area contributed by atoms with Crippen LogP contribution in [-0.2, 0) is 6.16 Å². The monoisotopic (exact) mass is 1080 g/mol. The molecule has 7 rings (SSSR count). The summed E-state index contributed by atoms with van der Waals surface area (Å²) < 4.78 is 21.0. The lowest BCUT2D eigenvalue weighted by molar-refractivity contribution is 0.234. The van der Waals surface area contributed by atoms with E-state index in [1.165, 1.54) is 224 Å². The SMILES string of the molecule is CCCCCCCCCCCCOc1cc(C[P+]2(c3ccccc3)c3cc(-c4cccs4)sc3-c3sc(-c4cccs4)cc32)cc(OCCCCCCCCCCCC)c1OCCCCCCCCCCCC. The largest absolute Gasteiger partial charge is 0.490 e. The minimum atomic E-state index is -2.20. The quantitative estimate of drug-likeness (QED) is 0.0283. The third-order valence-electron chi connectivity index (χ3n) is 14.9. The zero-order valence-corrected chi connectivity index (χ0v) is 49.7. The second-order valence-corrected chi connectivity index (χ2v) is 28.3. The molecule has 0 amide bonds. The molecule has 0 saturated carbocycles. The van der Waals surface area contributed by atoms with E-state index in [1.807, 2.05) is 45.3 Å². The van der Waals surface area contributed by atoms with Crippen LogP contribution in [0.1, 0.15) is 219 Å². The van der Waals surface area contributed by atoms with Crippen molar-refractivity contribution in [3.8, 4) is 46.5 Å². The van der Waals surface area contributed by atoms with Gasteiger partial charge in [-0.25, -0.2) is 0 Å². The molecule has 0 spiro atoms. The molecule has 1 aliphatic rings. The van der Waals surface area contributed by atoms with Crippen LogP contribution in [-0.4, -0.2) is 19.8 Å². The van der Waals surface area contributed by atoms with Gasteiger partial charge in [0.25, 0.3) is 0 Å². The van der Waals surface area contributed by atoms with Crippen LogP contribution < -0.4 is 30.1 Å². The van der Waals surface area contributed by atoms with E-state index >= 15 is 0 Å². The molecule has 2 aromatic carbocycles. The molecule has 0 bridgehead atoms. The second-order valence-electron chi connectivity index (χ2n) is 20.9. The molecule has 5 heterocycles. The Morgan fingerprint density at radius 3 is 1.11 bits per heavy atom. The van der Waals surface area contributed by atoms with Crippen LogP contribution in [0, 0.1) is 0 Å². The number of benzene rings is 2. The van der Waals surface area contributed by atoms with Gasteiger partial charge in [-0.3, -0.25) is 0 Å². The maximum atomic E-state index is 7.01. The predicted molar refractivity (Wildman–Crippen MR) is 329 cm³/mol. The Morgan fingerprint density at radius 2 is 0.740 bits per heavy atom. The fourth-order valence-electron chi connectivity index (χ4n) is 10.7. The highest BCUT2D eigenvalue weighted by Crippen LogP contribution is 2.68. The molecule has 0 atom stereocenters. The fraction of sp³-hybridized carbons (Fsp3) is 0.569. The number of hydrogen-bond donors (Lipinski definition) is 0. The van der Waals surface area contributed by atoms with Crippen LogP contribution in [0.4, 0.5) is 0 Å². The van der Waals surface area contributed by atoms with Crippen LogP contribution in [0.15, 0.2) is 89.6 Å². The molecule has 8 heteroatoms. The Hall–Kier alpha value is -2.93. The summed E-state index contributed by atoms with van der Waals surface area (Å²) in [5.74, 6) is 2.57. The number of thiophene rings is 4. The first kappa shape index (κ1) is 57.8. The first-order valence-corrected chi connectivity index (χ1v) is 34.9. The zero-order valence-electron chi connectivity index (χ0n) is 45.5. The summed E-state index contributed by atoms with van der Waals surface area (Å²) in [6.07, 6.45) is 40.1. The molecular formula is C65H92O3PS4+. The average molecular weight is 1080 g/mol. The minimum absolute atomic E-state index is 0.688. The van der Waals surface area contributed by atoms with E-state index in [0.29, 0.717) is 19.8 Å². The highest BCUT2D eigenvalue weighted by atomic mass is 32.1. The molecule has 0 aliphatic carbocycles. The Morgan fingerprint density at radius 1 is 0.370 bits per heavy atom. The maximum absolute atomic E-state index is 7.01. The molecule has 0 N–H and O–H groups in total. The first-order valence-electron chi connectivity index (χ1n) is 29.5. The van der Waals surface area contributed by atoms with Gasteiger partial charge in [-0.2, -0.15) is 0 Å². The molecule has 0 saturated heterocycles. The molecule has 3 nitrogen and oxygen atoms in total. The van der Waals surface area contributed by atoms with Gasteiger partial charge in [0.15, 0.2) is 11.5 Å². The van der Waals surface area contributed by atoms with Gasteiger partial charge in [-0.15, -0.1) is 45.3 Å². The van der Waals surface area contributed by atoms with Crippen molar-refractivity contribution in [2.45, 2.75) is 220 Å². The van der Waals surface area contributed by atoms with Crippen molar-refractivity contribution in [2.24, 2.45) is 0 Å². The number of ether oxygens (including phenoxy) is 3. The van der Waals surface area contributed by atoms with Crippen LogP contribution in [0.3, 0.4) is 0 Å². The van der Waals surface area contributed by atoms with Crippen molar-refractivity contribution in [3.63, 3.8) is 0 Å². The topological polar surface area (TPSA) is 27.7 Å². The number of unbranched alkanes of at least 4 members (excludes halogenated alkanes) is 27. The summed E-state index contributed by atoms with van der Waals surface area (Å²) in [5, 5.41) is 8.96. The van der Waals surface area contributed by atoms with Crippen LogP contribution in [0.2, 0.25) is 0 Å². The fourth-order valence-corrected chi connectivity index (χ4v) is 20.6. The van der Waals surface area contributed by atoms with Gasteiger partial charge < -0.3 is 14.2 Å². The van der Waals surface area contributed by atoms with Crippen molar-refractivity contribution < 1.29 is 14.2 Å². The maximum Gasteiger partial charge on any atom is 0.203 e. The van der Waals surface area contributed by atoms with Gasteiger partial charge in [-0.05, 0) is 72.0 Å². The van der Waals surface area contributed by atoms with Gasteiger partial charge in [0.1, 0.15) is 23.2 Å². The molecule has 398 valence electrons. The first-order chi connectivity index (χ1) is 36.2. The molecule has 1 aliphatic heterocycles. The molecule has 4 aromatic heterocycles. The van der Waals surface area contributed by atoms with Crippen molar-refractivity contribution >= 4 is 68.5 Å². The van der Waals surface area contributed by atoms with Gasteiger partial charge in [-0.1, -0.05) is 224 Å². The van der Waals surface area contributed by atoms with Crippen LogP contribution in [0.5, 0.6) is 17.2 Å². The lowest BCUT2D eigenvalue weighted by Gasteiger charge is -2.25. The summed E-state index contributed by atoms with van der Waals surface area (Å²) in [6.45, 7) is 9.00. The summed E-state index contributed by atoms with van der Waals surface area (Å²) in [6, 6.07) is 30.5. The van der Waals surface area contributed by atoms with Crippen LogP contribution >= 0.6 is 52.6 Å². The number of rotatable bonds is 41. The Balaban J connectivity index is 1.17. The molecular weight excluding hydrogens is 988 g/mol. The normalized spacial score (nSPS) is 12.6. The number of hydrogen-bond acceptors (Lipinski definition) is 7. The molecule has 0 fully saturated rings. The summed E-state index contributed by atoms with van der Waals surface area (Å²) >= 11 is 7.71. The van der Waals surface area contributed by atoms with Crippen molar-refractivity contribution in [1.82, 2.24) is 0 Å². The highest BCUT2D eigenvalue weighted by Gasteiger charge is 2.56. The summed E-state index contributed by atoms with van der Waals surface area (Å²) in [4.78, 5) is 8.42. The third kappa shape index (κ3) is 17.5. The van der Waals surface area contributed by atoms with Gasteiger partial charge in [0.2, 0.25) is 5.75 Å². The van der Waals surface area contributed by atoms with E-state index in [2.05, 4.69) is 110 Å². The van der Waals surface area contributed by atoms with Crippen LogP contribution in [0.25, 0.3) is 29.3 Å². The second kappa shape index (κ2) is 33.3. The van der Waals surface area contributed by atoms with E-state index in [1.54, 1.807) is 0 Å². The Kier molecular flexibility index (Phi) is 26.3. The average Bonchev–Trinajstić information content (AvgIpc) is 4.30. The number of fused-ring (bicyclic) bond motifs is 3. The third-order valence-corrected chi connectivity index (χ3v) is 24.2. The lowest BCUT2D eigenvalue weighted by atomic mass is 10.1. The Bertz CT molecular complexity index is 2240. The molecule has 0 unspecified atom stereocenters. The zero-order chi connectivity index (χ0) is 50.6. The minimum Gasteiger partial charge on any atom is -0.490 e. The van der Waals surface area contributed by atoms with E-state index in [4.69, 9.17) is 14.2 Å². The van der Waals surface area contributed by atoms with E-state index in [9.17, 15) is 0 Å². The van der Waals surface area contributed by atoms with Crippen molar-refractivity contribution in [1.29, 1.82) is 0 Å². The Labute approximate surface area is 460 Å². The van der Waals surface area contributed by atoms with E-state index in [-0.39, 0.29) is 0 Å². The van der Waals surface area contributed by atoms with E-state index < -0.39 is 7.26 Å². The smallest absolute Gasteiger partial charge is 0.203 e. The lowest BCUT2D eigenvalue weighted by Crippen LogP contribution is -2.28. The molecule has 6 aromatic rings. The molecule has 0 radical (unpaired) electrons. The van der Waals surface area contributed by atoms with Gasteiger partial charge in [0, 0.05) is 31.6 Å². The summed E-state index contributed by atoms with van der Waals surface area (Å²) in [7, 11) is -2.20. The summed E-state index contributed by atoms with van der Waals surface area (Å²) in [5.41, 5.74) is 1.28. The predicted octanol–water partition coefficient (Wildman–Crippen LogP) is 21.6. The standard InChI is InChI=1S/C65H92O3PS4/c1-4-7-10-13-16-19-22-25-28-34-43-66-55-48-53(49-56(67-44-35-29-26-23-20-17-14-11-8-5-2)63(55)68-45-36-30-27-24-21-18-15-12-9-6-3)52-69(54-39-32-31-33-40-54)57-50-61(59-41-37-46-70-59)72-64(57)65-58(69)51-62(73-65)60-42-38-47-71-60/h31-33,37-42,46-51H,4-30,34-36,43-45,52H2,1-3H3/q+1.